The van der Waals surface area contributed by atoms with Crippen LogP contribution in [0.1, 0.15) is 47.8 Å². The first-order chi connectivity index (χ1) is 14.9. The van der Waals surface area contributed by atoms with Crippen LogP contribution in [0.5, 0.6) is 0 Å². The molecule has 1 unspecified atom stereocenters. The van der Waals surface area contributed by atoms with Crippen LogP contribution in [0, 0.1) is 6.92 Å². The van der Waals surface area contributed by atoms with E-state index in [-0.39, 0.29) is 17.7 Å². The second kappa shape index (κ2) is 8.18. The SMILES string of the molecule is CCC1(c2ccc(NC(=O)c3cnn(-c4ccccc4)c3C)cc2)CCC(=O)NC1=O. The molecular formula is C24H24N4O3. The van der Waals surface area contributed by atoms with Gasteiger partial charge >= 0.3 is 0 Å². The van der Waals surface area contributed by atoms with Crippen LogP contribution in [0.4, 0.5) is 5.69 Å². The predicted molar refractivity (Wildman–Crippen MR) is 117 cm³/mol. The van der Waals surface area contributed by atoms with E-state index in [1.54, 1.807) is 23.0 Å². The molecule has 0 saturated carbocycles. The second-order valence-corrected chi connectivity index (χ2v) is 7.74. The Morgan fingerprint density at radius 1 is 1.13 bits per heavy atom. The van der Waals surface area contributed by atoms with Gasteiger partial charge in [0, 0.05) is 12.1 Å². The van der Waals surface area contributed by atoms with Crippen LogP contribution in [-0.2, 0) is 15.0 Å². The summed E-state index contributed by atoms with van der Waals surface area (Å²) in [5.74, 6) is -0.741. The molecule has 31 heavy (non-hydrogen) atoms. The van der Waals surface area contributed by atoms with Gasteiger partial charge < -0.3 is 5.32 Å². The van der Waals surface area contributed by atoms with Crippen LogP contribution in [0.2, 0.25) is 0 Å². The van der Waals surface area contributed by atoms with E-state index >= 15 is 0 Å². The lowest BCUT2D eigenvalue weighted by atomic mass is 9.72. The van der Waals surface area contributed by atoms with Crippen LogP contribution < -0.4 is 10.6 Å². The smallest absolute Gasteiger partial charge is 0.259 e. The van der Waals surface area contributed by atoms with Crippen LogP contribution in [0.25, 0.3) is 5.69 Å². The Labute approximate surface area is 180 Å². The van der Waals surface area contributed by atoms with Crippen LogP contribution >= 0.6 is 0 Å². The predicted octanol–water partition coefficient (Wildman–Crippen LogP) is 3.52. The molecule has 1 aliphatic heterocycles. The molecule has 0 spiro atoms. The second-order valence-electron chi connectivity index (χ2n) is 7.74. The molecule has 0 radical (unpaired) electrons. The zero-order valence-electron chi connectivity index (χ0n) is 17.5. The number of anilines is 1. The van der Waals surface area contributed by atoms with Gasteiger partial charge in [0.05, 0.1) is 28.6 Å². The molecule has 2 N–H and O–H groups in total. The van der Waals surface area contributed by atoms with Crippen molar-refractivity contribution in [2.75, 3.05) is 5.32 Å². The molecule has 1 aromatic heterocycles. The number of hydrogen-bond donors (Lipinski definition) is 2. The highest BCUT2D eigenvalue weighted by Crippen LogP contribution is 2.36. The normalized spacial score (nSPS) is 18.5. The third-order valence-electron chi connectivity index (χ3n) is 6.02. The quantitative estimate of drug-likeness (QED) is 0.623. The summed E-state index contributed by atoms with van der Waals surface area (Å²) >= 11 is 0. The molecule has 2 heterocycles. The van der Waals surface area contributed by atoms with Gasteiger partial charge in [0.15, 0.2) is 0 Å². The largest absolute Gasteiger partial charge is 0.322 e. The van der Waals surface area contributed by atoms with E-state index in [9.17, 15) is 14.4 Å². The molecule has 1 aliphatic rings. The van der Waals surface area contributed by atoms with Gasteiger partial charge in [0.2, 0.25) is 11.8 Å². The first kappa shape index (κ1) is 20.5. The highest BCUT2D eigenvalue weighted by atomic mass is 16.2. The first-order valence-corrected chi connectivity index (χ1v) is 10.3. The molecule has 158 valence electrons. The van der Waals surface area contributed by atoms with Gasteiger partial charge in [-0.2, -0.15) is 5.10 Å². The first-order valence-electron chi connectivity index (χ1n) is 10.3. The van der Waals surface area contributed by atoms with Gasteiger partial charge in [-0.1, -0.05) is 37.3 Å². The molecule has 2 aromatic carbocycles. The number of aromatic nitrogens is 2. The minimum atomic E-state index is -0.718. The number of rotatable bonds is 5. The maximum absolute atomic E-state index is 12.8. The zero-order valence-corrected chi connectivity index (χ0v) is 17.5. The lowest BCUT2D eigenvalue weighted by Gasteiger charge is -2.35. The van der Waals surface area contributed by atoms with Crippen molar-refractivity contribution >= 4 is 23.4 Å². The third-order valence-corrected chi connectivity index (χ3v) is 6.02. The zero-order chi connectivity index (χ0) is 22.0. The van der Waals surface area contributed by atoms with Gasteiger partial charge in [0.25, 0.3) is 5.91 Å². The number of nitrogens with one attached hydrogen (secondary N) is 2. The highest BCUT2D eigenvalue weighted by Gasteiger charge is 2.42. The number of imide groups is 1. The molecule has 1 saturated heterocycles. The number of carbonyl (C=O) groups is 3. The summed E-state index contributed by atoms with van der Waals surface area (Å²) in [6.45, 7) is 3.80. The number of carbonyl (C=O) groups excluding carboxylic acids is 3. The van der Waals surface area contributed by atoms with E-state index in [0.29, 0.717) is 30.5 Å². The Bertz CT molecular complexity index is 1140. The van der Waals surface area contributed by atoms with Crippen molar-refractivity contribution < 1.29 is 14.4 Å². The Balaban J connectivity index is 1.52. The molecule has 0 aliphatic carbocycles. The Morgan fingerprint density at radius 3 is 2.48 bits per heavy atom. The number of amides is 3. The fraction of sp³-hybridized carbons (Fsp3) is 0.250. The highest BCUT2D eigenvalue weighted by molar-refractivity contribution is 6.05. The van der Waals surface area contributed by atoms with Gasteiger partial charge in [-0.05, 0) is 49.6 Å². The van der Waals surface area contributed by atoms with Crippen molar-refractivity contribution in [3.63, 3.8) is 0 Å². The van der Waals surface area contributed by atoms with E-state index in [0.717, 1.165) is 16.9 Å². The fourth-order valence-electron chi connectivity index (χ4n) is 4.10. The van der Waals surface area contributed by atoms with Crippen LogP contribution in [0.3, 0.4) is 0 Å². The number of nitrogens with zero attached hydrogens (tertiary/aromatic N) is 2. The van der Waals surface area contributed by atoms with Crippen molar-refractivity contribution in [2.24, 2.45) is 0 Å². The summed E-state index contributed by atoms with van der Waals surface area (Å²) in [4.78, 5) is 36.9. The summed E-state index contributed by atoms with van der Waals surface area (Å²) in [5, 5.41) is 9.69. The number of para-hydroxylation sites is 1. The maximum Gasteiger partial charge on any atom is 0.259 e. The van der Waals surface area contributed by atoms with Crippen molar-refractivity contribution in [1.29, 1.82) is 0 Å². The van der Waals surface area contributed by atoms with Gasteiger partial charge in [-0.25, -0.2) is 4.68 Å². The Hall–Kier alpha value is -3.74. The molecule has 3 aromatic rings. The Kier molecular flexibility index (Phi) is 5.42. The molecule has 4 rings (SSSR count). The van der Waals surface area contributed by atoms with Crippen molar-refractivity contribution in [3.05, 3.63) is 77.6 Å². The summed E-state index contributed by atoms with van der Waals surface area (Å²) in [6, 6.07) is 16.9. The number of hydrogen-bond acceptors (Lipinski definition) is 4. The van der Waals surface area contributed by atoms with Crippen molar-refractivity contribution in [2.45, 2.75) is 38.5 Å². The molecule has 7 nitrogen and oxygen atoms in total. The molecule has 7 heteroatoms. The van der Waals surface area contributed by atoms with E-state index in [1.165, 1.54) is 0 Å². The minimum Gasteiger partial charge on any atom is -0.322 e. The monoisotopic (exact) mass is 416 g/mol. The molecule has 3 amide bonds. The van der Waals surface area contributed by atoms with E-state index in [2.05, 4.69) is 15.7 Å². The van der Waals surface area contributed by atoms with E-state index in [4.69, 9.17) is 0 Å². The number of piperidine rings is 1. The third kappa shape index (κ3) is 3.74. The molecule has 0 bridgehead atoms. The minimum absolute atomic E-state index is 0.232. The van der Waals surface area contributed by atoms with Crippen molar-refractivity contribution in [3.8, 4) is 5.69 Å². The summed E-state index contributed by atoms with van der Waals surface area (Å²) < 4.78 is 1.73. The maximum atomic E-state index is 12.8. The summed E-state index contributed by atoms with van der Waals surface area (Å²) in [7, 11) is 0. The fourth-order valence-corrected chi connectivity index (χ4v) is 4.10. The van der Waals surface area contributed by atoms with Crippen molar-refractivity contribution in [1.82, 2.24) is 15.1 Å². The summed E-state index contributed by atoms with van der Waals surface area (Å²) in [6.07, 6.45) is 2.96. The lowest BCUT2D eigenvalue weighted by molar-refractivity contribution is -0.138. The molecular weight excluding hydrogens is 392 g/mol. The molecule has 1 fully saturated rings. The van der Waals surface area contributed by atoms with Gasteiger partial charge in [-0.15, -0.1) is 0 Å². The topological polar surface area (TPSA) is 93.1 Å². The standard InChI is InChI=1S/C24H24N4O3/c1-3-24(14-13-21(29)27-23(24)31)17-9-11-18(12-10-17)26-22(30)20-15-25-28(16(20)2)19-7-5-4-6-8-19/h4-12,15H,3,13-14H2,1-2H3,(H,26,30)(H,27,29,31). The average Bonchev–Trinajstić information content (AvgIpc) is 3.17. The molecule has 1 atom stereocenters. The average molecular weight is 416 g/mol. The van der Waals surface area contributed by atoms with E-state index in [1.807, 2.05) is 56.3 Å². The van der Waals surface area contributed by atoms with Crippen LogP contribution in [0.15, 0.2) is 60.8 Å². The van der Waals surface area contributed by atoms with Crippen LogP contribution in [-0.4, -0.2) is 27.5 Å². The number of benzene rings is 2. The van der Waals surface area contributed by atoms with E-state index < -0.39 is 5.41 Å². The lowest BCUT2D eigenvalue weighted by Crippen LogP contribution is -2.51. The van der Waals surface area contributed by atoms with Gasteiger partial charge in [0.1, 0.15) is 0 Å². The van der Waals surface area contributed by atoms with Gasteiger partial charge in [-0.3, -0.25) is 19.7 Å². The Morgan fingerprint density at radius 2 is 1.84 bits per heavy atom. The summed E-state index contributed by atoms with van der Waals surface area (Å²) in [5.41, 5.74) is 2.86.